The lowest BCUT2D eigenvalue weighted by molar-refractivity contribution is 0.402. The number of phenols is 1. The highest BCUT2D eigenvalue weighted by atomic mass is 19.2. The third kappa shape index (κ3) is 0.999. The van der Waals surface area contributed by atoms with E-state index >= 15 is 0 Å². The van der Waals surface area contributed by atoms with Gasteiger partial charge in [0.1, 0.15) is 5.76 Å². The van der Waals surface area contributed by atoms with Crippen molar-refractivity contribution in [1.29, 1.82) is 0 Å². The van der Waals surface area contributed by atoms with Gasteiger partial charge in [0, 0.05) is 10.9 Å². The first-order valence-electron chi connectivity index (χ1n) is 4.09. The second-order valence-corrected chi connectivity index (χ2v) is 3.20. The second kappa shape index (κ2) is 2.70. The van der Waals surface area contributed by atoms with Gasteiger partial charge in [0.05, 0.1) is 0 Å². The summed E-state index contributed by atoms with van der Waals surface area (Å²) in [6.07, 6.45) is 0. The average molecular weight is 198 g/mol. The minimum absolute atomic E-state index is 0.143. The van der Waals surface area contributed by atoms with E-state index in [2.05, 4.69) is 0 Å². The number of fused-ring (bicyclic) bond motifs is 1. The third-order valence-corrected chi connectivity index (χ3v) is 2.21. The van der Waals surface area contributed by atoms with E-state index in [4.69, 9.17) is 4.42 Å². The number of rotatable bonds is 0. The molecule has 0 aliphatic heterocycles. The van der Waals surface area contributed by atoms with Gasteiger partial charge in [-0.15, -0.1) is 0 Å². The van der Waals surface area contributed by atoms with Gasteiger partial charge in [0.25, 0.3) is 0 Å². The standard InChI is InChI=1S/C10H8F2O2/c1-4-3-6-5(2)9(13)7(11)8(12)10(6)14-4/h3,13H,1-2H3. The molecular formula is C10H8F2O2. The molecule has 74 valence electrons. The summed E-state index contributed by atoms with van der Waals surface area (Å²) in [6, 6.07) is 1.56. The Balaban J connectivity index is 3.01. The van der Waals surface area contributed by atoms with Crippen molar-refractivity contribution in [2.24, 2.45) is 0 Å². The smallest absolute Gasteiger partial charge is 0.205 e. The maximum atomic E-state index is 13.2. The van der Waals surface area contributed by atoms with Crippen molar-refractivity contribution < 1.29 is 18.3 Å². The van der Waals surface area contributed by atoms with Crippen LogP contribution in [0.3, 0.4) is 0 Å². The van der Waals surface area contributed by atoms with E-state index in [1.807, 2.05) is 0 Å². The number of hydrogen-bond donors (Lipinski definition) is 1. The van der Waals surface area contributed by atoms with Crippen LogP contribution in [-0.2, 0) is 0 Å². The van der Waals surface area contributed by atoms with Crippen LogP contribution < -0.4 is 0 Å². The molecule has 2 nitrogen and oxygen atoms in total. The Kier molecular flexibility index (Phi) is 1.74. The van der Waals surface area contributed by atoms with E-state index in [1.165, 1.54) is 6.92 Å². The molecule has 0 fully saturated rings. The first-order valence-corrected chi connectivity index (χ1v) is 4.09. The van der Waals surface area contributed by atoms with Gasteiger partial charge in [-0.1, -0.05) is 0 Å². The SMILES string of the molecule is Cc1cc2c(C)c(O)c(F)c(F)c2o1. The molecular weight excluding hydrogens is 190 g/mol. The largest absolute Gasteiger partial charge is 0.505 e. The molecule has 0 unspecified atom stereocenters. The number of hydrogen-bond acceptors (Lipinski definition) is 2. The Hall–Kier alpha value is -1.58. The van der Waals surface area contributed by atoms with Crippen molar-refractivity contribution in [3.8, 4) is 5.75 Å². The minimum Gasteiger partial charge on any atom is -0.505 e. The topological polar surface area (TPSA) is 33.4 Å². The van der Waals surface area contributed by atoms with Crippen LogP contribution in [0.2, 0.25) is 0 Å². The fraction of sp³-hybridized carbons (Fsp3) is 0.200. The summed E-state index contributed by atoms with van der Waals surface area (Å²) in [7, 11) is 0. The number of phenolic OH excluding ortho intramolecular Hbond substituents is 1. The summed E-state index contributed by atoms with van der Waals surface area (Å²) in [5.74, 6) is -2.58. The van der Waals surface area contributed by atoms with Crippen molar-refractivity contribution >= 4 is 11.0 Å². The summed E-state index contributed by atoms with van der Waals surface area (Å²) in [6.45, 7) is 3.14. The van der Waals surface area contributed by atoms with Crippen molar-refractivity contribution in [3.63, 3.8) is 0 Å². The lowest BCUT2D eigenvalue weighted by Gasteiger charge is -2.02. The molecule has 2 aromatic rings. The molecule has 14 heavy (non-hydrogen) atoms. The number of furan rings is 1. The highest BCUT2D eigenvalue weighted by molar-refractivity contribution is 5.84. The second-order valence-electron chi connectivity index (χ2n) is 3.20. The molecule has 0 saturated heterocycles. The van der Waals surface area contributed by atoms with Gasteiger partial charge in [-0.05, 0) is 19.9 Å². The van der Waals surface area contributed by atoms with Gasteiger partial charge in [0.2, 0.25) is 11.6 Å². The predicted octanol–water partition coefficient (Wildman–Crippen LogP) is 3.03. The number of benzene rings is 1. The molecule has 1 heterocycles. The first-order chi connectivity index (χ1) is 6.52. The van der Waals surface area contributed by atoms with Gasteiger partial charge < -0.3 is 9.52 Å². The Bertz CT molecular complexity index is 470. The Morgan fingerprint density at radius 1 is 1.21 bits per heavy atom. The van der Waals surface area contributed by atoms with Crippen molar-refractivity contribution in [1.82, 2.24) is 0 Å². The molecule has 0 amide bonds. The molecule has 4 heteroatoms. The van der Waals surface area contributed by atoms with Crippen LogP contribution in [0, 0.1) is 25.5 Å². The average Bonchev–Trinajstić information content (AvgIpc) is 2.54. The van der Waals surface area contributed by atoms with Crippen molar-refractivity contribution in [2.75, 3.05) is 0 Å². The van der Waals surface area contributed by atoms with Crippen LogP contribution in [-0.4, -0.2) is 5.11 Å². The summed E-state index contributed by atoms with van der Waals surface area (Å²) in [5.41, 5.74) is 0.144. The molecule has 0 atom stereocenters. The first kappa shape index (κ1) is 8.99. The fourth-order valence-corrected chi connectivity index (χ4v) is 1.45. The highest BCUT2D eigenvalue weighted by Crippen LogP contribution is 2.34. The van der Waals surface area contributed by atoms with Crippen molar-refractivity contribution in [2.45, 2.75) is 13.8 Å². The lowest BCUT2D eigenvalue weighted by atomic mass is 10.1. The summed E-state index contributed by atoms with van der Waals surface area (Å²) in [5, 5.41) is 9.64. The number of aromatic hydroxyl groups is 1. The zero-order valence-electron chi connectivity index (χ0n) is 7.69. The van der Waals surface area contributed by atoms with Crippen molar-refractivity contribution in [3.05, 3.63) is 29.0 Å². The van der Waals surface area contributed by atoms with Gasteiger partial charge in [-0.2, -0.15) is 8.78 Å². The molecule has 1 aromatic heterocycles. The zero-order valence-corrected chi connectivity index (χ0v) is 7.69. The molecule has 0 radical (unpaired) electrons. The van der Waals surface area contributed by atoms with E-state index < -0.39 is 17.4 Å². The van der Waals surface area contributed by atoms with Gasteiger partial charge in [-0.25, -0.2) is 0 Å². The van der Waals surface area contributed by atoms with E-state index in [-0.39, 0.29) is 11.1 Å². The van der Waals surface area contributed by atoms with E-state index in [0.29, 0.717) is 11.1 Å². The minimum atomic E-state index is -1.26. The van der Waals surface area contributed by atoms with Crippen LogP contribution in [0.1, 0.15) is 11.3 Å². The quantitative estimate of drug-likeness (QED) is 0.705. The molecule has 0 aliphatic carbocycles. The third-order valence-electron chi connectivity index (χ3n) is 2.21. The number of halogens is 2. The molecule has 0 saturated carbocycles. The van der Waals surface area contributed by atoms with Crippen LogP contribution in [0.4, 0.5) is 8.78 Å². The normalized spacial score (nSPS) is 11.1. The Labute approximate surface area is 78.8 Å². The van der Waals surface area contributed by atoms with Crippen LogP contribution in [0.5, 0.6) is 5.75 Å². The van der Waals surface area contributed by atoms with E-state index in [0.717, 1.165) is 0 Å². The Morgan fingerprint density at radius 3 is 2.50 bits per heavy atom. The van der Waals surface area contributed by atoms with Crippen LogP contribution in [0.25, 0.3) is 11.0 Å². The molecule has 1 aromatic carbocycles. The number of aryl methyl sites for hydroxylation is 2. The van der Waals surface area contributed by atoms with Gasteiger partial charge >= 0.3 is 0 Å². The van der Waals surface area contributed by atoms with Gasteiger partial charge in [0.15, 0.2) is 11.3 Å². The Morgan fingerprint density at radius 2 is 1.86 bits per heavy atom. The highest BCUT2D eigenvalue weighted by Gasteiger charge is 2.19. The summed E-state index contributed by atoms with van der Waals surface area (Å²) in [4.78, 5) is 0. The monoisotopic (exact) mass is 198 g/mol. The zero-order chi connectivity index (χ0) is 10.5. The molecule has 0 bridgehead atoms. The molecule has 1 N–H and O–H groups in total. The van der Waals surface area contributed by atoms with Gasteiger partial charge in [-0.3, -0.25) is 0 Å². The molecule has 0 spiro atoms. The summed E-state index contributed by atoms with van der Waals surface area (Å²) >= 11 is 0. The molecule has 2 rings (SSSR count). The maximum Gasteiger partial charge on any atom is 0.205 e. The summed E-state index contributed by atoms with van der Waals surface area (Å²) < 4.78 is 31.3. The maximum absolute atomic E-state index is 13.2. The van der Waals surface area contributed by atoms with Crippen LogP contribution >= 0.6 is 0 Å². The van der Waals surface area contributed by atoms with E-state index in [1.54, 1.807) is 13.0 Å². The van der Waals surface area contributed by atoms with E-state index in [9.17, 15) is 13.9 Å². The fourth-order valence-electron chi connectivity index (χ4n) is 1.45. The predicted molar refractivity (Wildman–Crippen MR) is 47.3 cm³/mol. The lowest BCUT2D eigenvalue weighted by Crippen LogP contribution is -1.89. The van der Waals surface area contributed by atoms with Crippen LogP contribution in [0.15, 0.2) is 10.5 Å². The molecule has 0 aliphatic rings.